The van der Waals surface area contributed by atoms with Crippen LogP contribution < -0.4 is 25.8 Å². The third kappa shape index (κ3) is 4.35. The SMILES string of the molecule is COc1ccc(/C=N/NC(=O)NN2CC(C)=NNC2=O)c(OC)c1. The van der Waals surface area contributed by atoms with Crippen LogP contribution in [0.2, 0.25) is 0 Å². The number of nitrogens with zero attached hydrogens (tertiary/aromatic N) is 3. The highest BCUT2D eigenvalue weighted by Crippen LogP contribution is 2.22. The van der Waals surface area contributed by atoms with E-state index in [4.69, 9.17) is 9.47 Å². The second-order valence-electron chi connectivity index (χ2n) is 4.77. The molecule has 1 aliphatic rings. The molecular weight excluding hydrogens is 316 g/mol. The Morgan fingerprint density at radius 3 is 2.92 bits per heavy atom. The first kappa shape index (κ1) is 17.1. The number of methoxy groups -OCH3 is 2. The molecule has 0 aliphatic carbocycles. The Kier molecular flexibility index (Phi) is 5.55. The molecule has 2 rings (SSSR count). The molecule has 3 N–H and O–H groups in total. The van der Waals surface area contributed by atoms with Gasteiger partial charge in [0.05, 0.1) is 32.7 Å². The summed E-state index contributed by atoms with van der Waals surface area (Å²) in [6.45, 7) is 1.91. The van der Waals surface area contributed by atoms with Crippen LogP contribution in [0.15, 0.2) is 28.4 Å². The van der Waals surface area contributed by atoms with Crippen LogP contribution in [0, 0.1) is 0 Å². The molecule has 24 heavy (non-hydrogen) atoms. The van der Waals surface area contributed by atoms with E-state index in [1.54, 1.807) is 32.2 Å². The minimum atomic E-state index is -0.663. The number of ether oxygens (including phenoxy) is 2. The van der Waals surface area contributed by atoms with Gasteiger partial charge >= 0.3 is 12.1 Å². The number of carbonyl (C=O) groups excluding carboxylic acids is 2. The number of hydrazone groups is 2. The Bertz CT molecular complexity index is 688. The summed E-state index contributed by atoms with van der Waals surface area (Å²) >= 11 is 0. The Balaban J connectivity index is 1.93. The summed E-state index contributed by atoms with van der Waals surface area (Å²) in [7, 11) is 3.07. The van der Waals surface area contributed by atoms with Gasteiger partial charge in [0.25, 0.3) is 0 Å². The molecule has 128 valence electrons. The molecule has 0 fully saturated rings. The molecule has 0 atom stereocenters. The molecule has 1 heterocycles. The van der Waals surface area contributed by atoms with Crippen LogP contribution >= 0.6 is 0 Å². The summed E-state index contributed by atoms with van der Waals surface area (Å²) in [4.78, 5) is 23.3. The molecule has 0 spiro atoms. The molecule has 10 nitrogen and oxygen atoms in total. The molecule has 0 unspecified atom stereocenters. The molecule has 4 amide bonds. The second kappa shape index (κ2) is 7.81. The van der Waals surface area contributed by atoms with E-state index >= 15 is 0 Å². The van der Waals surface area contributed by atoms with Crippen molar-refractivity contribution in [1.82, 2.24) is 21.3 Å². The summed E-state index contributed by atoms with van der Waals surface area (Å²) < 4.78 is 10.3. The zero-order valence-corrected chi connectivity index (χ0v) is 13.5. The summed E-state index contributed by atoms with van der Waals surface area (Å²) in [5.41, 5.74) is 8.19. The van der Waals surface area contributed by atoms with E-state index in [9.17, 15) is 9.59 Å². The van der Waals surface area contributed by atoms with E-state index in [1.807, 2.05) is 0 Å². The van der Waals surface area contributed by atoms with Crippen molar-refractivity contribution in [3.8, 4) is 11.5 Å². The van der Waals surface area contributed by atoms with E-state index in [0.29, 0.717) is 22.8 Å². The van der Waals surface area contributed by atoms with Crippen molar-refractivity contribution in [3.63, 3.8) is 0 Å². The first-order valence-corrected chi connectivity index (χ1v) is 6.96. The smallest absolute Gasteiger partial charge is 0.356 e. The summed E-state index contributed by atoms with van der Waals surface area (Å²) in [5.74, 6) is 1.19. The predicted octanol–water partition coefficient (Wildman–Crippen LogP) is 0.653. The summed E-state index contributed by atoms with van der Waals surface area (Å²) in [6, 6.07) is 3.98. The lowest BCUT2D eigenvalue weighted by atomic mass is 10.2. The molecule has 1 aromatic carbocycles. The lowest BCUT2D eigenvalue weighted by molar-refractivity contribution is 0.173. The summed E-state index contributed by atoms with van der Waals surface area (Å²) in [6.07, 6.45) is 1.42. The van der Waals surface area contributed by atoms with E-state index in [1.165, 1.54) is 13.3 Å². The van der Waals surface area contributed by atoms with Gasteiger partial charge in [0, 0.05) is 11.6 Å². The van der Waals surface area contributed by atoms with Crippen molar-refractivity contribution in [2.24, 2.45) is 10.2 Å². The Labute approximate surface area is 138 Å². The van der Waals surface area contributed by atoms with E-state index in [0.717, 1.165) is 5.01 Å². The van der Waals surface area contributed by atoms with Gasteiger partial charge in [-0.1, -0.05) is 0 Å². The molecule has 1 aliphatic heterocycles. The minimum Gasteiger partial charge on any atom is -0.497 e. The molecule has 0 radical (unpaired) electrons. The monoisotopic (exact) mass is 334 g/mol. The maximum Gasteiger partial charge on any atom is 0.356 e. The highest BCUT2D eigenvalue weighted by molar-refractivity contribution is 5.92. The predicted molar refractivity (Wildman–Crippen MR) is 87.2 cm³/mol. The molecular formula is C14H18N6O4. The van der Waals surface area contributed by atoms with Crippen LogP contribution in [0.5, 0.6) is 11.5 Å². The number of amides is 4. The van der Waals surface area contributed by atoms with E-state index in [-0.39, 0.29) is 6.54 Å². The van der Waals surface area contributed by atoms with Crippen LogP contribution in [0.1, 0.15) is 12.5 Å². The molecule has 0 saturated heterocycles. The molecule has 10 heteroatoms. The average Bonchev–Trinajstić information content (AvgIpc) is 2.58. The molecule has 0 saturated carbocycles. The van der Waals surface area contributed by atoms with Gasteiger partial charge in [-0.3, -0.25) is 0 Å². The first-order valence-electron chi connectivity index (χ1n) is 6.96. The first-order chi connectivity index (χ1) is 11.5. The zero-order valence-electron chi connectivity index (χ0n) is 13.5. The lowest BCUT2D eigenvalue weighted by Gasteiger charge is -2.25. The van der Waals surface area contributed by atoms with Gasteiger partial charge in [0.15, 0.2) is 0 Å². The van der Waals surface area contributed by atoms with Crippen LogP contribution in [-0.4, -0.2) is 49.8 Å². The largest absolute Gasteiger partial charge is 0.497 e. The van der Waals surface area contributed by atoms with Crippen LogP contribution in [-0.2, 0) is 0 Å². The highest BCUT2D eigenvalue weighted by Gasteiger charge is 2.20. The van der Waals surface area contributed by atoms with E-state index in [2.05, 4.69) is 26.5 Å². The fourth-order valence-corrected chi connectivity index (χ4v) is 1.86. The maximum atomic E-state index is 11.8. The van der Waals surface area contributed by atoms with Crippen molar-refractivity contribution >= 4 is 24.0 Å². The second-order valence-corrected chi connectivity index (χ2v) is 4.77. The normalized spacial score (nSPS) is 14.0. The molecule has 0 aromatic heterocycles. The number of hydrazine groups is 1. The fraction of sp³-hybridized carbons (Fsp3) is 0.286. The quantitative estimate of drug-likeness (QED) is 0.541. The van der Waals surface area contributed by atoms with Gasteiger partial charge in [-0.05, 0) is 19.1 Å². The number of nitrogens with one attached hydrogen (secondary N) is 3. The van der Waals surface area contributed by atoms with E-state index < -0.39 is 12.1 Å². The van der Waals surface area contributed by atoms with Gasteiger partial charge in [0.2, 0.25) is 0 Å². The van der Waals surface area contributed by atoms with Crippen molar-refractivity contribution in [3.05, 3.63) is 23.8 Å². The highest BCUT2D eigenvalue weighted by atomic mass is 16.5. The number of urea groups is 2. The Morgan fingerprint density at radius 1 is 1.42 bits per heavy atom. The number of hydrogen-bond donors (Lipinski definition) is 3. The number of hydrogen-bond acceptors (Lipinski definition) is 6. The molecule has 0 bridgehead atoms. The van der Waals surface area contributed by atoms with Gasteiger partial charge in [-0.2, -0.15) is 10.2 Å². The van der Waals surface area contributed by atoms with Gasteiger partial charge < -0.3 is 9.47 Å². The fourth-order valence-electron chi connectivity index (χ4n) is 1.86. The van der Waals surface area contributed by atoms with Crippen LogP contribution in [0.25, 0.3) is 0 Å². The Morgan fingerprint density at radius 2 is 2.21 bits per heavy atom. The van der Waals surface area contributed by atoms with Crippen LogP contribution in [0.4, 0.5) is 9.59 Å². The van der Waals surface area contributed by atoms with Crippen molar-refractivity contribution in [2.75, 3.05) is 20.8 Å². The standard InChI is InChI=1S/C14H18N6O4/c1-9-8-20(14(22)18-16-9)19-13(21)17-15-7-10-4-5-11(23-2)6-12(10)24-3/h4-7H,8H2,1-3H3,(H,18,22)(H2,17,19,21)/b15-7+. The topological polar surface area (TPSA) is 117 Å². The van der Waals surface area contributed by atoms with Crippen molar-refractivity contribution in [1.29, 1.82) is 0 Å². The van der Waals surface area contributed by atoms with Gasteiger partial charge in [-0.15, -0.1) is 0 Å². The van der Waals surface area contributed by atoms with Crippen molar-refractivity contribution < 1.29 is 19.1 Å². The third-order valence-corrected chi connectivity index (χ3v) is 3.02. The number of carbonyl (C=O) groups is 2. The Hall–Kier alpha value is -3.30. The minimum absolute atomic E-state index is 0.190. The number of benzene rings is 1. The van der Waals surface area contributed by atoms with Crippen LogP contribution in [0.3, 0.4) is 0 Å². The maximum absolute atomic E-state index is 11.8. The van der Waals surface area contributed by atoms with Crippen molar-refractivity contribution in [2.45, 2.75) is 6.92 Å². The number of rotatable bonds is 5. The van der Waals surface area contributed by atoms with Gasteiger partial charge in [0.1, 0.15) is 11.5 Å². The molecule has 1 aromatic rings. The lowest BCUT2D eigenvalue weighted by Crippen LogP contribution is -2.55. The third-order valence-electron chi connectivity index (χ3n) is 3.02. The average molecular weight is 334 g/mol. The zero-order chi connectivity index (χ0) is 17.5. The van der Waals surface area contributed by atoms with Gasteiger partial charge in [-0.25, -0.2) is 30.9 Å². The summed E-state index contributed by atoms with van der Waals surface area (Å²) in [5, 5.41) is 8.66.